The first-order chi connectivity index (χ1) is 17.0. The molecule has 4 aromatic rings. The van der Waals surface area contributed by atoms with Gasteiger partial charge in [-0.2, -0.15) is 5.10 Å². The molecule has 180 valence electrons. The van der Waals surface area contributed by atoms with E-state index in [-0.39, 0.29) is 17.7 Å². The van der Waals surface area contributed by atoms with Crippen molar-refractivity contribution >= 4 is 51.9 Å². The van der Waals surface area contributed by atoms with Gasteiger partial charge < -0.3 is 10.2 Å². The van der Waals surface area contributed by atoms with Gasteiger partial charge >= 0.3 is 0 Å². The molecule has 5 rings (SSSR count). The van der Waals surface area contributed by atoms with Crippen LogP contribution in [0.1, 0.15) is 39.8 Å². The summed E-state index contributed by atoms with van der Waals surface area (Å²) >= 11 is 9.32. The van der Waals surface area contributed by atoms with Gasteiger partial charge in [-0.3, -0.25) is 14.3 Å². The minimum Gasteiger partial charge on any atom is -0.342 e. The molecule has 1 fully saturated rings. The molecular formula is C25H24ClN5O2S2. The quantitative estimate of drug-likeness (QED) is 0.362. The smallest absolute Gasteiger partial charge is 0.276 e. The maximum atomic E-state index is 12.8. The second-order valence-electron chi connectivity index (χ2n) is 8.46. The zero-order chi connectivity index (χ0) is 24.4. The summed E-state index contributed by atoms with van der Waals surface area (Å²) in [5.74, 6) is 0.709. The van der Waals surface area contributed by atoms with Gasteiger partial charge in [0.1, 0.15) is 17.2 Å². The number of anilines is 1. The Morgan fingerprint density at radius 2 is 1.94 bits per heavy atom. The summed E-state index contributed by atoms with van der Waals surface area (Å²) in [6.45, 7) is 1.35. The fourth-order valence-corrected chi connectivity index (χ4v) is 6.04. The van der Waals surface area contributed by atoms with Crippen LogP contribution in [0, 0.1) is 0 Å². The van der Waals surface area contributed by atoms with Gasteiger partial charge in [-0.25, -0.2) is 4.98 Å². The number of piperidine rings is 1. The van der Waals surface area contributed by atoms with Gasteiger partial charge in [0.2, 0.25) is 5.91 Å². The molecule has 1 aliphatic heterocycles. The SMILES string of the molecule is Cn1nc(-c2cccs2)cc1NC(=O)c1csc(C2CCN(C(=O)Cc3ccccc3Cl)CC2)n1. The third kappa shape index (κ3) is 5.32. The highest BCUT2D eigenvalue weighted by Crippen LogP contribution is 2.31. The van der Waals surface area contributed by atoms with Crippen LogP contribution in [0.4, 0.5) is 5.82 Å². The number of likely N-dealkylation sites (tertiary alicyclic amines) is 1. The standard InChI is InChI=1S/C25H24ClN5O2S2/c1-30-22(14-19(29-30)21-7-4-12-34-21)28-24(33)20-15-35-25(27-20)16-8-10-31(11-9-16)23(32)13-17-5-2-3-6-18(17)26/h2-7,12,14-16H,8-11,13H2,1H3,(H,28,33). The molecule has 1 saturated heterocycles. The number of carbonyl (C=O) groups excluding carboxylic acids is 2. The lowest BCUT2D eigenvalue weighted by atomic mass is 9.97. The van der Waals surface area contributed by atoms with E-state index in [0.29, 0.717) is 36.0 Å². The maximum absolute atomic E-state index is 12.8. The Labute approximate surface area is 216 Å². The first-order valence-electron chi connectivity index (χ1n) is 11.3. The lowest BCUT2D eigenvalue weighted by molar-refractivity contribution is -0.131. The van der Waals surface area contributed by atoms with Crippen LogP contribution in [-0.4, -0.2) is 44.6 Å². The molecule has 2 amide bonds. The molecule has 4 heterocycles. The minimum atomic E-state index is -0.249. The van der Waals surface area contributed by atoms with Crippen molar-refractivity contribution in [3.05, 3.63) is 74.5 Å². The molecule has 0 bridgehead atoms. The van der Waals surface area contributed by atoms with Crippen molar-refractivity contribution in [1.29, 1.82) is 0 Å². The Morgan fingerprint density at radius 3 is 2.69 bits per heavy atom. The highest BCUT2D eigenvalue weighted by Gasteiger charge is 2.27. The van der Waals surface area contributed by atoms with Crippen molar-refractivity contribution in [3.63, 3.8) is 0 Å². The topological polar surface area (TPSA) is 80.1 Å². The molecule has 0 radical (unpaired) electrons. The number of hydrogen-bond acceptors (Lipinski definition) is 6. The second kappa shape index (κ2) is 10.3. The van der Waals surface area contributed by atoms with Gasteiger partial charge in [-0.1, -0.05) is 35.9 Å². The minimum absolute atomic E-state index is 0.0915. The Kier molecular flexibility index (Phi) is 6.99. The first kappa shape index (κ1) is 23.7. The Bertz CT molecular complexity index is 1340. The summed E-state index contributed by atoms with van der Waals surface area (Å²) in [5.41, 5.74) is 2.08. The Balaban J connectivity index is 1.17. The van der Waals surface area contributed by atoms with E-state index >= 15 is 0 Å². The number of thiazole rings is 1. The van der Waals surface area contributed by atoms with E-state index < -0.39 is 0 Å². The number of rotatable bonds is 6. The van der Waals surface area contributed by atoms with Gasteiger partial charge in [0.05, 0.1) is 16.3 Å². The van der Waals surface area contributed by atoms with Crippen LogP contribution < -0.4 is 5.32 Å². The number of thiophene rings is 1. The maximum Gasteiger partial charge on any atom is 0.276 e. The number of aryl methyl sites for hydroxylation is 1. The number of aromatic nitrogens is 3. The van der Waals surface area contributed by atoms with Gasteiger partial charge in [-0.05, 0) is 35.9 Å². The average Bonchev–Trinajstić information content (AvgIpc) is 3.62. The molecule has 0 spiro atoms. The molecule has 35 heavy (non-hydrogen) atoms. The number of amides is 2. The predicted octanol–water partition coefficient (Wildman–Crippen LogP) is 5.46. The first-order valence-corrected chi connectivity index (χ1v) is 13.5. The molecule has 0 unspecified atom stereocenters. The van der Waals surface area contributed by atoms with Crippen molar-refractivity contribution in [2.75, 3.05) is 18.4 Å². The molecular weight excluding hydrogens is 502 g/mol. The van der Waals surface area contributed by atoms with Crippen LogP contribution in [0.15, 0.2) is 53.2 Å². The van der Waals surface area contributed by atoms with Crippen LogP contribution in [-0.2, 0) is 18.3 Å². The van der Waals surface area contributed by atoms with Crippen molar-refractivity contribution in [2.45, 2.75) is 25.2 Å². The summed E-state index contributed by atoms with van der Waals surface area (Å²) < 4.78 is 1.66. The molecule has 1 aromatic carbocycles. The summed E-state index contributed by atoms with van der Waals surface area (Å²) in [5, 5.41) is 12.8. The highest BCUT2D eigenvalue weighted by molar-refractivity contribution is 7.13. The van der Waals surface area contributed by atoms with Crippen molar-refractivity contribution in [2.24, 2.45) is 7.05 Å². The van der Waals surface area contributed by atoms with Crippen LogP contribution in [0.3, 0.4) is 0 Å². The number of benzene rings is 1. The molecule has 1 aliphatic rings. The number of carbonyl (C=O) groups is 2. The van der Waals surface area contributed by atoms with Crippen molar-refractivity contribution in [1.82, 2.24) is 19.7 Å². The lowest BCUT2D eigenvalue weighted by Crippen LogP contribution is -2.38. The number of hydrogen-bond donors (Lipinski definition) is 1. The van der Waals surface area contributed by atoms with Gasteiger partial charge in [0, 0.05) is 42.5 Å². The molecule has 0 aliphatic carbocycles. The predicted molar refractivity (Wildman–Crippen MR) is 140 cm³/mol. The molecule has 10 heteroatoms. The van der Waals surface area contributed by atoms with E-state index in [2.05, 4.69) is 15.4 Å². The fourth-order valence-electron chi connectivity index (χ4n) is 4.18. The van der Waals surface area contributed by atoms with Crippen LogP contribution in [0.25, 0.3) is 10.6 Å². The zero-order valence-electron chi connectivity index (χ0n) is 19.1. The largest absolute Gasteiger partial charge is 0.342 e. The van der Waals surface area contributed by atoms with Gasteiger partial charge in [0.15, 0.2) is 0 Å². The summed E-state index contributed by atoms with van der Waals surface area (Å²) in [7, 11) is 1.81. The lowest BCUT2D eigenvalue weighted by Gasteiger charge is -2.31. The summed E-state index contributed by atoms with van der Waals surface area (Å²) in [6.07, 6.45) is 1.97. The van der Waals surface area contributed by atoms with E-state index in [0.717, 1.165) is 34.0 Å². The Hall–Kier alpha value is -3.01. The zero-order valence-corrected chi connectivity index (χ0v) is 21.5. The summed E-state index contributed by atoms with van der Waals surface area (Å²) in [4.78, 5) is 33.1. The molecule has 0 atom stereocenters. The molecule has 3 aromatic heterocycles. The third-order valence-corrected chi connectivity index (χ3v) is 8.41. The number of nitrogens with one attached hydrogen (secondary N) is 1. The van der Waals surface area contributed by atoms with Crippen LogP contribution in [0.5, 0.6) is 0 Å². The number of nitrogens with zero attached hydrogens (tertiary/aromatic N) is 4. The van der Waals surface area contributed by atoms with Gasteiger partial charge in [0.25, 0.3) is 5.91 Å². The van der Waals surface area contributed by atoms with Crippen molar-refractivity contribution in [3.8, 4) is 10.6 Å². The van der Waals surface area contributed by atoms with E-state index in [1.165, 1.54) is 11.3 Å². The second-order valence-corrected chi connectivity index (χ2v) is 10.7. The van der Waals surface area contributed by atoms with E-state index in [4.69, 9.17) is 11.6 Å². The van der Waals surface area contributed by atoms with Crippen molar-refractivity contribution < 1.29 is 9.59 Å². The van der Waals surface area contributed by atoms with E-state index in [1.54, 1.807) is 28.4 Å². The van der Waals surface area contributed by atoms with E-state index in [9.17, 15) is 9.59 Å². The van der Waals surface area contributed by atoms with E-state index in [1.807, 2.05) is 52.7 Å². The molecule has 1 N–H and O–H groups in total. The monoisotopic (exact) mass is 525 g/mol. The number of halogens is 1. The molecule has 0 saturated carbocycles. The fraction of sp³-hybridized carbons (Fsp3) is 0.280. The normalized spacial score (nSPS) is 14.3. The molecule has 7 nitrogen and oxygen atoms in total. The van der Waals surface area contributed by atoms with Gasteiger partial charge in [-0.15, -0.1) is 22.7 Å². The highest BCUT2D eigenvalue weighted by atomic mass is 35.5. The van der Waals surface area contributed by atoms with Crippen LogP contribution >= 0.6 is 34.3 Å². The average molecular weight is 526 g/mol. The Morgan fingerprint density at radius 1 is 1.14 bits per heavy atom. The van der Waals surface area contributed by atoms with Crippen LogP contribution in [0.2, 0.25) is 5.02 Å². The third-order valence-electron chi connectivity index (χ3n) is 6.15. The summed E-state index contributed by atoms with van der Waals surface area (Å²) in [6, 6.07) is 13.3.